The quantitative estimate of drug-likeness (QED) is 0.882. The van der Waals surface area contributed by atoms with Gasteiger partial charge in [0.1, 0.15) is 0 Å². The van der Waals surface area contributed by atoms with Crippen LogP contribution in [0.2, 0.25) is 0 Å². The van der Waals surface area contributed by atoms with Gasteiger partial charge in [0.25, 0.3) is 0 Å². The fraction of sp³-hybridized carbons (Fsp3) is 0.231. The summed E-state index contributed by atoms with van der Waals surface area (Å²) in [5, 5.41) is 10.6. The zero-order valence-corrected chi connectivity index (χ0v) is 9.68. The Hall–Kier alpha value is -2.10. The third kappa shape index (κ3) is 2.36. The van der Waals surface area contributed by atoms with E-state index in [1.54, 1.807) is 24.4 Å². The summed E-state index contributed by atoms with van der Waals surface area (Å²) in [5.41, 5.74) is 0.235. The highest BCUT2D eigenvalue weighted by Crippen LogP contribution is 2.25. The van der Waals surface area contributed by atoms with Crippen molar-refractivity contribution < 1.29 is 14.6 Å². The maximum atomic E-state index is 10.9. The monoisotopic (exact) mass is 231 g/mol. The van der Waals surface area contributed by atoms with Gasteiger partial charge in [-0.2, -0.15) is 0 Å². The van der Waals surface area contributed by atoms with Gasteiger partial charge >= 0.3 is 5.97 Å². The summed E-state index contributed by atoms with van der Waals surface area (Å²) in [4.78, 5) is 15.0. The first-order valence-electron chi connectivity index (χ1n) is 5.36. The fourth-order valence-corrected chi connectivity index (χ4v) is 1.59. The number of rotatable bonds is 3. The molecule has 2 rings (SSSR count). The molecule has 0 amide bonds. The SMILES string of the molecule is CC(C)Oc1nccc2ccc(C(=O)O)cc12. The number of ether oxygens (including phenoxy) is 1. The molecule has 0 aliphatic carbocycles. The van der Waals surface area contributed by atoms with Crippen LogP contribution in [0.25, 0.3) is 10.8 Å². The van der Waals surface area contributed by atoms with Crippen molar-refractivity contribution in [2.45, 2.75) is 20.0 Å². The number of hydrogen-bond acceptors (Lipinski definition) is 3. The van der Waals surface area contributed by atoms with Crippen molar-refractivity contribution >= 4 is 16.7 Å². The molecule has 17 heavy (non-hydrogen) atoms. The Morgan fingerprint density at radius 2 is 2.12 bits per heavy atom. The van der Waals surface area contributed by atoms with Gasteiger partial charge in [-0.15, -0.1) is 0 Å². The summed E-state index contributed by atoms with van der Waals surface area (Å²) in [6.07, 6.45) is 1.65. The Bertz CT molecular complexity index is 564. The van der Waals surface area contributed by atoms with Crippen molar-refractivity contribution in [2.75, 3.05) is 0 Å². The third-order valence-corrected chi connectivity index (χ3v) is 2.32. The zero-order chi connectivity index (χ0) is 12.4. The highest BCUT2D eigenvalue weighted by molar-refractivity contribution is 5.96. The summed E-state index contributed by atoms with van der Waals surface area (Å²) in [7, 11) is 0. The molecule has 0 radical (unpaired) electrons. The Kier molecular flexibility index (Phi) is 2.95. The molecule has 2 aromatic rings. The van der Waals surface area contributed by atoms with E-state index in [1.807, 2.05) is 19.9 Å². The second-order valence-corrected chi connectivity index (χ2v) is 4.02. The Labute approximate surface area is 98.9 Å². The van der Waals surface area contributed by atoms with Crippen LogP contribution in [0.5, 0.6) is 5.88 Å². The Morgan fingerprint density at radius 1 is 1.35 bits per heavy atom. The van der Waals surface area contributed by atoms with Crippen LogP contribution in [0.4, 0.5) is 0 Å². The number of carboxylic acids is 1. The molecule has 4 nitrogen and oxygen atoms in total. The van der Waals surface area contributed by atoms with E-state index in [0.29, 0.717) is 5.88 Å². The van der Waals surface area contributed by atoms with Crippen LogP contribution in [-0.4, -0.2) is 22.2 Å². The lowest BCUT2D eigenvalue weighted by Crippen LogP contribution is -2.07. The largest absolute Gasteiger partial charge is 0.478 e. The number of nitrogens with zero attached hydrogens (tertiary/aromatic N) is 1. The van der Waals surface area contributed by atoms with Crippen LogP contribution in [-0.2, 0) is 0 Å². The number of fused-ring (bicyclic) bond motifs is 1. The summed E-state index contributed by atoms with van der Waals surface area (Å²) in [6, 6.07) is 6.74. The molecule has 88 valence electrons. The molecule has 1 heterocycles. The number of carbonyl (C=O) groups is 1. The van der Waals surface area contributed by atoms with E-state index in [-0.39, 0.29) is 11.7 Å². The van der Waals surface area contributed by atoms with Gasteiger partial charge in [-0.1, -0.05) is 6.07 Å². The van der Waals surface area contributed by atoms with E-state index in [1.165, 1.54) is 0 Å². The number of aromatic carboxylic acids is 1. The summed E-state index contributed by atoms with van der Waals surface area (Å²) in [5.74, 6) is -0.480. The predicted octanol–water partition coefficient (Wildman–Crippen LogP) is 2.72. The van der Waals surface area contributed by atoms with Crippen molar-refractivity contribution in [1.82, 2.24) is 4.98 Å². The molecule has 1 aromatic heterocycles. The molecule has 0 saturated carbocycles. The van der Waals surface area contributed by atoms with Gasteiger partial charge in [0, 0.05) is 11.6 Å². The first kappa shape index (κ1) is 11.4. The van der Waals surface area contributed by atoms with Gasteiger partial charge in [-0.25, -0.2) is 9.78 Å². The van der Waals surface area contributed by atoms with Crippen LogP contribution in [0.3, 0.4) is 0 Å². The molecule has 0 saturated heterocycles. The summed E-state index contributed by atoms with van der Waals surface area (Å²) < 4.78 is 5.56. The Morgan fingerprint density at radius 3 is 2.76 bits per heavy atom. The van der Waals surface area contributed by atoms with Crippen LogP contribution in [0.15, 0.2) is 30.5 Å². The minimum atomic E-state index is -0.953. The number of aromatic nitrogens is 1. The van der Waals surface area contributed by atoms with Crippen LogP contribution >= 0.6 is 0 Å². The minimum absolute atomic E-state index is 0.00147. The second kappa shape index (κ2) is 4.41. The normalized spacial score (nSPS) is 10.8. The average Bonchev–Trinajstić information content (AvgIpc) is 2.28. The van der Waals surface area contributed by atoms with Crippen molar-refractivity contribution in [3.8, 4) is 5.88 Å². The predicted molar refractivity (Wildman–Crippen MR) is 64.5 cm³/mol. The van der Waals surface area contributed by atoms with Gasteiger partial charge in [0.2, 0.25) is 5.88 Å². The van der Waals surface area contributed by atoms with E-state index in [2.05, 4.69) is 4.98 Å². The number of hydrogen-bond donors (Lipinski definition) is 1. The van der Waals surface area contributed by atoms with E-state index in [0.717, 1.165) is 10.8 Å². The highest BCUT2D eigenvalue weighted by Gasteiger charge is 2.09. The molecular formula is C13H13NO3. The number of carboxylic acid groups (broad SMARTS) is 1. The molecule has 1 aromatic carbocycles. The molecule has 0 unspecified atom stereocenters. The topological polar surface area (TPSA) is 59.4 Å². The molecule has 0 bridgehead atoms. The first-order chi connectivity index (χ1) is 8.08. The molecule has 4 heteroatoms. The van der Waals surface area contributed by atoms with Crippen molar-refractivity contribution in [3.05, 3.63) is 36.0 Å². The average molecular weight is 231 g/mol. The van der Waals surface area contributed by atoms with Crippen LogP contribution in [0.1, 0.15) is 24.2 Å². The van der Waals surface area contributed by atoms with E-state index in [9.17, 15) is 4.79 Å². The second-order valence-electron chi connectivity index (χ2n) is 4.02. The van der Waals surface area contributed by atoms with Gasteiger partial charge in [-0.3, -0.25) is 0 Å². The van der Waals surface area contributed by atoms with Gasteiger partial charge in [0.05, 0.1) is 11.7 Å². The fourth-order valence-electron chi connectivity index (χ4n) is 1.59. The molecule has 0 fully saturated rings. The number of benzene rings is 1. The van der Waals surface area contributed by atoms with Gasteiger partial charge in [-0.05, 0) is 37.4 Å². The van der Waals surface area contributed by atoms with Crippen LogP contribution < -0.4 is 4.74 Å². The van der Waals surface area contributed by atoms with Crippen molar-refractivity contribution in [2.24, 2.45) is 0 Å². The molecule has 0 aliphatic heterocycles. The minimum Gasteiger partial charge on any atom is -0.478 e. The molecule has 1 N–H and O–H groups in total. The lowest BCUT2D eigenvalue weighted by atomic mass is 10.1. The van der Waals surface area contributed by atoms with E-state index >= 15 is 0 Å². The highest BCUT2D eigenvalue weighted by atomic mass is 16.5. The molecule has 0 spiro atoms. The Balaban J connectivity index is 2.59. The molecule has 0 aliphatic rings. The standard InChI is InChI=1S/C13H13NO3/c1-8(2)17-12-11-7-10(13(15)16)4-3-9(11)5-6-14-12/h3-8H,1-2H3,(H,15,16). The van der Waals surface area contributed by atoms with Gasteiger partial charge < -0.3 is 9.84 Å². The van der Waals surface area contributed by atoms with Crippen LogP contribution in [0, 0.1) is 0 Å². The lowest BCUT2D eigenvalue weighted by molar-refractivity contribution is 0.0697. The third-order valence-electron chi connectivity index (χ3n) is 2.32. The maximum absolute atomic E-state index is 10.9. The van der Waals surface area contributed by atoms with E-state index in [4.69, 9.17) is 9.84 Å². The lowest BCUT2D eigenvalue weighted by Gasteiger charge is -2.11. The first-order valence-corrected chi connectivity index (χ1v) is 5.36. The summed E-state index contributed by atoms with van der Waals surface area (Å²) in [6.45, 7) is 3.81. The van der Waals surface area contributed by atoms with Crippen molar-refractivity contribution in [3.63, 3.8) is 0 Å². The maximum Gasteiger partial charge on any atom is 0.335 e. The van der Waals surface area contributed by atoms with Gasteiger partial charge in [0.15, 0.2) is 0 Å². The smallest absolute Gasteiger partial charge is 0.335 e. The molecular weight excluding hydrogens is 218 g/mol. The zero-order valence-electron chi connectivity index (χ0n) is 9.68. The number of pyridine rings is 1. The molecule has 0 atom stereocenters. The van der Waals surface area contributed by atoms with Crippen molar-refractivity contribution in [1.29, 1.82) is 0 Å². The summed E-state index contributed by atoms with van der Waals surface area (Å²) >= 11 is 0. The van der Waals surface area contributed by atoms with E-state index < -0.39 is 5.97 Å².